The Morgan fingerprint density at radius 1 is 0.923 bits per heavy atom. The van der Waals surface area contributed by atoms with Gasteiger partial charge in [0.25, 0.3) is 0 Å². The number of nitrogens with one attached hydrogen (secondary N) is 1. The fourth-order valence-electron chi connectivity index (χ4n) is 3.18. The molecule has 0 aromatic heterocycles. The van der Waals surface area contributed by atoms with Crippen molar-refractivity contribution >= 4 is 23.2 Å². The molecule has 3 rings (SSSR count). The van der Waals surface area contributed by atoms with Crippen LogP contribution in [0, 0.1) is 19.7 Å². The first kappa shape index (κ1) is 17.9. The van der Waals surface area contributed by atoms with Crippen molar-refractivity contribution in [3.63, 3.8) is 0 Å². The molecule has 6 heteroatoms. The fraction of sp³-hybridized carbons (Fsp3) is 0.300. The number of rotatable bonds is 2. The average Bonchev–Trinajstić information content (AvgIpc) is 2.65. The molecule has 0 unspecified atom stereocenters. The third-order valence-corrected chi connectivity index (χ3v) is 4.67. The first-order chi connectivity index (χ1) is 12.5. The van der Waals surface area contributed by atoms with E-state index in [1.807, 2.05) is 36.9 Å². The first-order valence-electron chi connectivity index (χ1n) is 8.63. The largest absolute Gasteiger partial charge is 0.366 e. The molecule has 1 heterocycles. The Hall–Kier alpha value is -2.89. The van der Waals surface area contributed by atoms with Crippen LogP contribution in [0.15, 0.2) is 42.5 Å². The van der Waals surface area contributed by atoms with Gasteiger partial charge in [-0.05, 0) is 37.1 Å². The maximum atomic E-state index is 13.9. The van der Waals surface area contributed by atoms with Crippen LogP contribution in [0.3, 0.4) is 0 Å². The predicted octanol–water partition coefficient (Wildman–Crippen LogP) is 2.73. The lowest BCUT2D eigenvalue weighted by atomic mass is 10.1. The van der Waals surface area contributed by atoms with Gasteiger partial charge in [0.2, 0.25) is 0 Å². The molecular weight excluding hydrogens is 333 g/mol. The zero-order valence-electron chi connectivity index (χ0n) is 15.0. The highest BCUT2D eigenvalue weighted by atomic mass is 19.1. The average molecular weight is 355 g/mol. The summed E-state index contributed by atoms with van der Waals surface area (Å²) >= 11 is 0. The Labute approximate surface area is 152 Å². The van der Waals surface area contributed by atoms with E-state index in [1.165, 1.54) is 11.0 Å². The van der Waals surface area contributed by atoms with Crippen LogP contribution in [0.25, 0.3) is 0 Å². The van der Waals surface area contributed by atoms with Gasteiger partial charge in [-0.3, -0.25) is 9.59 Å². The van der Waals surface area contributed by atoms with Crippen LogP contribution in [0.2, 0.25) is 0 Å². The standard InChI is InChI=1S/C20H22FN3O2/c1-14-6-5-7-15(2)18(14)22-19(25)20(26)24-12-10-23(11-13-24)17-9-4-3-8-16(17)21/h3-9H,10-13H2,1-2H3,(H,22,25). The van der Waals surface area contributed by atoms with Crippen LogP contribution in [0.5, 0.6) is 0 Å². The van der Waals surface area contributed by atoms with E-state index in [9.17, 15) is 14.0 Å². The first-order valence-corrected chi connectivity index (χ1v) is 8.63. The Balaban J connectivity index is 1.61. The van der Waals surface area contributed by atoms with Crippen molar-refractivity contribution in [3.8, 4) is 0 Å². The SMILES string of the molecule is Cc1cccc(C)c1NC(=O)C(=O)N1CCN(c2ccccc2F)CC1. The summed E-state index contributed by atoms with van der Waals surface area (Å²) in [5.41, 5.74) is 3.03. The van der Waals surface area contributed by atoms with E-state index in [0.717, 1.165) is 11.1 Å². The number of halogens is 1. The number of nitrogens with zero attached hydrogens (tertiary/aromatic N) is 2. The van der Waals surface area contributed by atoms with Gasteiger partial charge in [-0.2, -0.15) is 0 Å². The molecule has 2 amide bonds. The molecule has 1 N–H and O–H groups in total. The van der Waals surface area contributed by atoms with Crippen molar-refractivity contribution in [2.45, 2.75) is 13.8 Å². The van der Waals surface area contributed by atoms with Crippen LogP contribution in [-0.2, 0) is 9.59 Å². The molecule has 1 fully saturated rings. The van der Waals surface area contributed by atoms with Crippen LogP contribution >= 0.6 is 0 Å². The Morgan fingerprint density at radius 3 is 2.15 bits per heavy atom. The monoisotopic (exact) mass is 355 g/mol. The quantitative estimate of drug-likeness (QED) is 0.843. The number of amides is 2. The molecule has 26 heavy (non-hydrogen) atoms. The summed E-state index contributed by atoms with van der Waals surface area (Å²) in [7, 11) is 0. The summed E-state index contributed by atoms with van der Waals surface area (Å²) in [6.07, 6.45) is 0. The van der Waals surface area contributed by atoms with Crippen LogP contribution < -0.4 is 10.2 Å². The summed E-state index contributed by atoms with van der Waals surface area (Å²) in [6, 6.07) is 12.3. The third kappa shape index (κ3) is 3.69. The lowest BCUT2D eigenvalue weighted by Crippen LogP contribution is -2.51. The van der Waals surface area contributed by atoms with E-state index in [4.69, 9.17) is 0 Å². The van der Waals surface area contributed by atoms with Crippen molar-refractivity contribution in [2.24, 2.45) is 0 Å². The molecule has 5 nitrogen and oxygen atoms in total. The van der Waals surface area contributed by atoms with Gasteiger partial charge >= 0.3 is 11.8 Å². The fourth-order valence-corrected chi connectivity index (χ4v) is 3.18. The second kappa shape index (κ2) is 7.56. The minimum atomic E-state index is -0.637. The molecule has 0 saturated carbocycles. The zero-order valence-corrected chi connectivity index (χ0v) is 15.0. The maximum absolute atomic E-state index is 13.9. The number of carbonyl (C=O) groups excluding carboxylic acids is 2. The number of anilines is 2. The molecule has 0 radical (unpaired) electrons. The van der Waals surface area contributed by atoms with Gasteiger partial charge in [-0.25, -0.2) is 4.39 Å². The van der Waals surface area contributed by atoms with Crippen molar-refractivity contribution < 1.29 is 14.0 Å². The van der Waals surface area contributed by atoms with Gasteiger partial charge in [-0.1, -0.05) is 30.3 Å². The van der Waals surface area contributed by atoms with Gasteiger partial charge in [0.05, 0.1) is 5.69 Å². The van der Waals surface area contributed by atoms with Gasteiger partial charge in [0.1, 0.15) is 5.82 Å². The minimum Gasteiger partial charge on any atom is -0.366 e. The molecule has 2 aromatic rings. The highest BCUT2D eigenvalue weighted by Gasteiger charge is 2.27. The number of carbonyl (C=O) groups is 2. The smallest absolute Gasteiger partial charge is 0.313 e. The highest BCUT2D eigenvalue weighted by Crippen LogP contribution is 2.21. The highest BCUT2D eigenvalue weighted by molar-refractivity contribution is 6.39. The van der Waals surface area contributed by atoms with Gasteiger partial charge in [-0.15, -0.1) is 0 Å². The molecular formula is C20H22FN3O2. The third-order valence-electron chi connectivity index (χ3n) is 4.67. The summed E-state index contributed by atoms with van der Waals surface area (Å²) < 4.78 is 13.9. The number of aryl methyl sites for hydroxylation is 2. The zero-order chi connectivity index (χ0) is 18.7. The molecule has 2 aromatic carbocycles. The normalized spacial score (nSPS) is 14.3. The van der Waals surface area contributed by atoms with E-state index in [0.29, 0.717) is 37.6 Å². The van der Waals surface area contributed by atoms with E-state index < -0.39 is 11.8 Å². The summed E-state index contributed by atoms with van der Waals surface area (Å²) in [5, 5.41) is 2.72. The lowest BCUT2D eigenvalue weighted by molar-refractivity contribution is -0.143. The lowest BCUT2D eigenvalue weighted by Gasteiger charge is -2.35. The molecule has 0 spiro atoms. The molecule has 1 saturated heterocycles. The molecule has 0 aliphatic carbocycles. The van der Waals surface area contributed by atoms with Crippen molar-refractivity contribution in [3.05, 3.63) is 59.4 Å². The van der Waals surface area contributed by atoms with Crippen LogP contribution in [-0.4, -0.2) is 42.9 Å². The second-order valence-corrected chi connectivity index (χ2v) is 6.45. The number of hydrogen-bond acceptors (Lipinski definition) is 3. The van der Waals surface area contributed by atoms with Gasteiger partial charge in [0.15, 0.2) is 0 Å². The summed E-state index contributed by atoms with van der Waals surface area (Å²) in [6.45, 7) is 5.52. The topological polar surface area (TPSA) is 52.7 Å². The summed E-state index contributed by atoms with van der Waals surface area (Å²) in [5.74, 6) is -1.47. The molecule has 136 valence electrons. The molecule has 1 aliphatic rings. The Morgan fingerprint density at radius 2 is 1.54 bits per heavy atom. The molecule has 0 atom stereocenters. The van der Waals surface area contributed by atoms with Crippen LogP contribution in [0.4, 0.5) is 15.8 Å². The second-order valence-electron chi connectivity index (χ2n) is 6.45. The van der Waals surface area contributed by atoms with Gasteiger partial charge in [0, 0.05) is 31.9 Å². The van der Waals surface area contributed by atoms with Crippen molar-refractivity contribution in [1.82, 2.24) is 4.90 Å². The molecule has 0 bridgehead atoms. The number of hydrogen-bond donors (Lipinski definition) is 1. The maximum Gasteiger partial charge on any atom is 0.313 e. The predicted molar refractivity (Wildman–Crippen MR) is 99.7 cm³/mol. The Bertz CT molecular complexity index is 809. The minimum absolute atomic E-state index is 0.278. The van der Waals surface area contributed by atoms with E-state index in [-0.39, 0.29) is 5.82 Å². The van der Waals surface area contributed by atoms with E-state index in [2.05, 4.69) is 5.32 Å². The van der Waals surface area contributed by atoms with Crippen molar-refractivity contribution in [1.29, 1.82) is 0 Å². The van der Waals surface area contributed by atoms with Crippen molar-refractivity contribution in [2.75, 3.05) is 36.4 Å². The van der Waals surface area contributed by atoms with E-state index >= 15 is 0 Å². The van der Waals surface area contributed by atoms with Crippen LogP contribution in [0.1, 0.15) is 11.1 Å². The molecule has 1 aliphatic heterocycles. The van der Waals surface area contributed by atoms with E-state index in [1.54, 1.807) is 18.2 Å². The Kier molecular flexibility index (Phi) is 5.21. The number of benzene rings is 2. The van der Waals surface area contributed by atoms with Gasteiger partial charge < -0.3 is 15.1 Å². The number of para-hydroxylation sites is 2. The summed E-state index contributed by atoms with van der Waals surface area (Å²) in [4.78, 5) is 28.2. The number of piperazine rings is 1.